The van der Waals surface area contributed by atoms with Crippen LogP contribution in [0.15, 0.2) is 54.1 Å². The maximum atomic E-state index is 12.6. The molecule has 0 unspecified atom stereocenters. The number of nitrogens with zero attached hydrogens (tertiary/aromatic N) is 4. The van der Waals surface area contributed by atoms with Gasteiger partial charge in [0.1, 0.15) is 25.0 Å². The van der Waals surface area contributed by atoms with Crippen molar-refractivity contribution in [1.82, 2.24) is 19.7 Å². The summed E-state index contributed by atoms with van der Waals surface area (Å²) >= 11 is 0. The van der Waals surface area contributed by atoms with Crippen molar-refractivity contribution in [3.63, 3.8) is 0 Å². The van der Waals surface area contributed by atoms with Crippen LogP contribution >= 0.6 is 0 Å². The molecule has 0 saturated heterocycles. The third-order valence-corrected chi connectivity index (χ3v) is 5.03. The number of hydrogen-bond donors (Lipinski definition) is 1. The van der Waals surface area contributed by atoms with Gasteiger partial charge in [0.2, 0.25) is 0 Å². The maximum absolute atomic E-state index is 12.6. The lowest BCUT2D eigenvalue weighted by Gasteiger charge is -2.12. The number of methoxy groups -OCH3 is 1. The Bertz CT molecular complexity index is 989. The van der Waals surface area contributed by atoms with Crippen LogP contribution in [0, 0.1) is 6.92 Å². The van der Waals surface area contributed by atoms with Gasteiger partial charge in [0.05, 0.1) is 23.4 Å². The Morgan fingerprint density at radius 3 is 2.67 bits per heavy atom. The third kappa shape index (κ3) is 4.60. The van der Waals surface area contributed by atoms with E-state index in [0.29, 0.717) is 36.0 Å². The van der Waals surface area contributed by atoms with Crippen LogP contribution in [0.2, 0.25) is 0 Å². The van der Waals surface area contributed by atoms with Gasteiger partial charge in [0.15, 0.2) is 5.82 Å². The SMILES string of the molecule is COCCOc1ccc(S(=O)(=O)Nc2ccc(-n3cncn3)nc2)cc1C. The number of sulfonamides is 1. The summed E-state index contributed by atoms with van der Waals surface area (Å²) in [5.74, 6) is 1.15. The molecule has 142 valence electrons. The predicted octanol–water partition coefficient (Wildman–Crippen LogP) is 1.80. The van der Waals surface area contributed by atoms with Crippen molar-refractivity contribution >= 4 is 15.7 Å². The number of benzene rings is 1. The summed E-state index contributed by atoms with van der Waals surface area (Å²) in [6.07, 6.45) is 4.32. The van der Waals surface area contributed by atoms with E-state index < -0.39 is 10.0 Å². The fourth-order valence-corrected chi connectivity index (χ4v) is 3.44. The number of aryl methyl sites for hydroxylation is 1. The fraction of sp³-hybridized carbons (Fsp3) is 0.235. The summed E-state index contributed by atoms with van der Waals surface area (Å²) in [5, 5.41) is 3.97. The molecule has 0 aliphatic carbocycles. The van der Waals surface area contributed by atoms with Gasteiger partial charge in [-0.2, -0.15) is 5.10 Å². The van der Waals surface area contributed by atoms with E-state index in [2.05, 4.69) is 19.8 Å². The van der Waals surface area contributed by atoms with Gasteiger partial charge in [-0.1, -0.05) is 0 Å². The smallest absolute Gasteiger partial charge is 0.261 e. The van der Waals surface area contributed by atoms with Gasteiger partial charge in [-0.05, 0) is 42.8 Å². The summed E-state index contributed by atoms with van der Waals surface area (Å²) in [5.41, 5.74) is 1.06. The van der Waals surface area contributed by atoms with Crippen LogP contribution in [0.3, 0.4) is 0 Å². The van der Waals surface area contributed by atoms with Crippen molar-refractivity contribution in [3.05, 3.63) is 54.7 Å². The van der Waals surface area contributed by atoms with E-state index in [1.54, 1.807) is 38.3 Å². The van der Waals surface area contributed by atoms with Crippen molar-refractivity contribution in [2.45, 2.75) is 11.8 Å². The summed E-state index contributed by atoms with van der Waals surface area (Å²) < 4.78 is 39.7. The van der Waals surface area contributed by atoms with Gasteiger partial charge in [-0.15, -0.1) is 0 Å². The van der Waals surface area contributed by atoms with Crippen LogP contribution in [-0.4, -0.2) is 48.5 Å². The minimum atomic E-state index is -3.75. The molecular formula is C17H19N5O4S. The van der Waals surface area contributed by atoms with Gasteiger partial charge >= 0.3 is 0 Å². The van der Waals surface area contributed by atoms with Crippen LogP contribution < -0.4 is 9.46 Å². The molecule has 10 heteroatoms. The van der Waals surface area contributed by atoms with Crippen LogP contribution in [0.4, 0.5) is 5.69 Å². The van der Waals surface area contributed by atoms with Crippen LogP contribution in [-0.2, 0) is 14.8 Å². The molecule has 9 nitrogen and oxygen atoms in total. The second-order valence-electron chi connectivity index (χ2n) is 5.62. The van der Waals surface area contributed by atoms with Crippen LogP contribution in [0.25, 0.3) is 5.82 Å². The van der Waals surface area contributed by atoms with Crippen molar-refractivity contribution < 1.29 is 17.9 Å². The first-order chi connectivity index (χ1) is 13.0. The Kier molecular flexibility index (Phi) is 5.67. The van der Waals surface area contributed by atoms with Gasteiger partial charge in [0, 0.05) is 7.11 Å². The summed E-state index contributed by atoms with van der Waals surface area (Å²) in [6, 6.07) is 7.93. The Labute approximate surface area is 157 Å². The Hall–Kier alpha value is -2.98. The zero-order chi connectivity index (χ0) is 19.3. The highest BCUT2D eigenvalue weighted by atomic mass is 32.2. The lowest BCUT2D eigenvalue weighted by atomic mass is 10.2. The van der Waals surface area contributed by atoms with E-state index in [0.717, 1.165) is 0 Å². The number of hydrogen-bond acceptors (Lipinski definition) is 7. The number of aromatic nitrogens is 4. The number of rotatable bonds is 8. The van der Waals surface area contributed by atoms with Crippen molar-refractivity contribution in [2.75, 3.05) is 25.0 Å². The average Bonchev–Trinajstić information content (AvgIpc) is 3.18. The Balaban J connectivity index is 1.73. The zero-order valence-electron chi connectivity index (χ0n) is 14.9. The van der Waals surface area contributed by atoms with Gasteiger partial charge in [0.25, 0.3) is 10.0 Å². The highest BCUT2D eigenvalue weighted by Gasteiger charge is 2.16. The lowest BCUT2D eigenvalue weighted by Crippen LogP contribution is -2.14. The molecule has 1 aromatic carbocycles. The Morgan fingerprint density at radius 1 is 1.19 bits per heavy atom. The third-order valence-electron chi connectivity index (χ3n) is 3.66. The summed E-state index contributed by atoms with van der Waals surface area (Å²) in [7, 11) is -2.16. The van der Waals surface area contributed by atoms with E-state index in [-0.39, 0.29) is 4.90 Å². The molecular weight excluding hydrogens is 370 g/mol. The molecule has 2 aromatic heterocycles. The van der Waals surface area contributed by atoms with E-state index in [1.807, 2.05) is 0 Å². The second kappa shape index (κ2) is 8.14. The standard InChI is InChI=1S/C17H19N5O4S/c1-13-9-15(4-5-16(13)26-8-7-25-2)27(23,24)21-14-3-6-17(19-10-14)22-12-18-11-20-22/h3-6,9-12,21H,7-8H2,1-2H3. The lowest BCUT2D eigenvalue weighted by molar-refractivity contribution is 0.146. The average molecular weight is 389 g/mol. The maximum Gasteiger partial charge on any atom is 0.261 e. The monoisotopic (exact) mass is 389 g/mol. The fourth-order valence-electron chi connectivity index (χ4n) is 2.31. The Morgan fingerprint density at radius 2 is 2.04 bits per heavy atom. The van der Waals surface area contributed by atoms with Crippen LogP contribution in [0.5, 0.6) is 5.75 Å². The second-order valence-corrected chi connectivity index (χ2v) is 7.30. The number of ether oxygens (including phenoxy) is 2. The van der Waals surface area contributed by atoms with Crippen LogP contribution in [0.1, 0.15) is 5.56 Å². The number of pyridine rings is 1. The summed E-state index contributed by atoms with van der Waals surface area (Å²) in [6.45, 7) is 2.64. The molecule has 0 radical (unpaired) electrons. The molecule has 3 rings (SSSR count). The largest absolute Gasteiger partial charge is 0.491 e. The number of nitrogens with one attached hydrogen (secondary N) is 1. The molecule has 0 amide bonds. The van der Waals surface area contributed by atoms with Crippen molar-refractivity contribution in [1.29, 1.82) is 0 Å². The minimum Gasteiger partial charge on any atom is -0.491 e. The quantitative estimate of drug-likeness (QED) is 0.585. The minimum absolute atomic E-state index is 0.138. The molecule has 0 aliphatic heterocycles. The van der Waals surface area contributed by atoms with E-state index in [9.17, 15) is 8.42 Å². The topological polar surface area (TPSA) is 108 Å². The molecule has 0 aliphatic rings. The highest BCUT2D eigenvalue weighted by Crippen LogP contribution is 2.23. The molecule has 0 saturated carbocycles. The van der Waals surface area contributed by atoms with Crippen molar-refractivity contribution in [3.8, 4) is 11.6 Å². The first-order valence-corrected chi connectivity index (χ1v) is 9.54. The van der Waals surface area contributed by atoms with E-state index in [1.165, 1.54) is 29.6 Å². The molecule has 2 heterocycles. The van der Waals surface area contributed by atoms with Gasteiger partial charge in [-0.3, -0.25) is 4.72 Å². The van der Waals surface area contributed by atoms with E-state index in [4.69, 9.17) is 9.47 Å². The van der Waals surface area contributed by atoms with Gasteiger partial charge < -0.3 is 9.47 Å². The summed E-state index contributed by atoms with van der Waals surface area (Å²) in [4.78, 5) is 8.15. The first kappa shape index (κ1) is 18.8. The molecule has 27 heavy (non-hydrogen) atoms. The molecule has 1 N–H and O–H groups in total. The predicted molar refractivity (Wildman–Crippen MR) is 98.5 cm³/mol. The number of anilines is 1. The molecule has 0 fully saturated rings. The first-order valence-electron chi connectivity index (χ1n) is 8.06. The highest BCUT2D eigenvalue weighted by molar-refractivity contribution is 7.92. The van der Waals surface area contributed by atoms with Crippen molar-refractivity contribution in [2.24, 2.45) is 0 Å². The zero-order valence-corrected chi connectivity index (χ0v) is 15.7. The molecule has 3 aromatic rings. The van der Waals surface area contributed by atoms with Gasteiger partial charge in [-0.25, -0.2) is 23.1 Å². The normalized spacial score (nSPS) is 11.3. The molecule has 0 spiro atoms. The van der Waals surface area contributed by atoms with E-state index >= 15 is 0 Å². The molecule has 0 atom stereocenters. The molecule has 0 bridgehead atoms.